The number of imidazole rings is 1. The van der Waals surface area contributed by atoms with Crippen molar-refractivity contribution in [1.29, 1.82) is 0 Å². The van der Waals surface area contributed by atoms with E-state index in [1.54, 1.807) is 0 Å². The minimum Gasteiger partial charge on any atom is -0.349 e. The Hall–Kier alpha value is -2.54. The summed E-state index contributed by atoms with van der Waals surface area (Å²) < 4.78 is 2.17. The maximum atomic E-state index is 12.7. The molecule has 4 rings (SSSR count). The summed E-state index contributed by atoms with van der Waals surface area (Å²) >= 11 is 0. The summed E-state index contributed by atoms with van der Waals surface area (Å²) in [4.78, 5) is 19.4. The monoisotopic (exact) mass is 366 g/mol. The van der Waals surface area contributed by atoms with Crippen molar-refractivity contribution in [2.24, 2.45) is 0 Å². The zero-order valence-electron chi connectivity index (χ0n) is 16.2. The lowest BCUT2D eigenvalue weighted by Gasteiger charge is -2.14. The minimum atomic E-state index is -0.00941. The summed E-state index contributed by atoms with van der Waals surface area (Å²) in [5.41, 5.74) is 3.04. The fourth-order valence-electron chi connectivity index (χ4n) is 3.85. The molecule has 1 saturated carbocycles. The van der Waals surface area contributed by atoms with E-state index in [1.807, 2.05) is 25.1 Å². The van der Waals surface area contributed by atoms with Crippen LogP contribution >= 0.6 is 0 Å². The lowest BCUT2D eigenvalue weighted by molar-refractivity contribution is 0.0938. The summed E-state index contributed by atoms with van der Waals surface area (Å²) in [5.74, 6) is 0.902. The molecule has 27 heavy (non-hydrogen) atoms. The van der Waals surface area contributed by atoms with E-state index >= 15 is 0 Å². The van der Waals surface area contributed by atoms with Crippen LogP contribution in [-0.4, -0.2) is 57.2 Å². The molecule has 0 atom stereocenters. The van der Waals surface area contributed by atoms with Gasteiger partial charge in [-0.15, -0.1) is 10.2 Å². The van der Waals surface area contributed by atoms with Crippen molar-refractivity contribution in [3.8, 4) is 0 Å². The number of carbonyl (C=O) groups is 1. The first-order valence-corrected chi connectivity index (χ1v) is 9.62. The number of aromatic nitrogens is 4. The van der Waals surface area contributed by atoms with Crippen LogP contribution in [0.3, 0.4) is 0 Å². The first-order valence-electron chi connectivity index (χ1n) is 9.62. The van der Waals surface area contributed by atoms with Gasteiger partial charge in [-0.3, -0.25) is 4.79 Å². The van der Waals surface area contributed by atoms with E-state index in [9.17, 15) is 4.79 Å². The molecule has 1 aromatic carbocycles. The van der Waals surface area contributed by atoms with Crippen molar-refractivity contribution in [1.82, 2.24) is 30.0 Å². The number of nitrogens with zero attached hydrogens (tertiary/aromatic N) is 5. The second-order valence-electron chi connectivity index (χ2n) is 7.67. The fraction of sp³-hybridized carbons (Fsp3) is 0.500. The lowest BCUT2D eigenvalue weighted by atomic mass is 10.1. The van der Waals surface area contributed by atoms with Gasteiger partial charge >= 0.3 is 0 Å². The Labute approximate surface area is 158 Å². The highest BCUT2D eigenvalue weighted by Gasteiger charge is 2.19. The molecule has 0 spiro atoms. The standard InChI is InChI=1S/C20H26N6O/c1-13-21-19-18(26(13)11-10-25(2)3)16-12-14(8-9-17(16)23-24-19)20(27)22-15-6-4-5-7-15/h8-9,12,15H,4-7,10-11H2,1-3H3,(H,22,27). The number of carbonyl (C=O) groups excluding carboxylic acids is 1. The molecule has 1 aliphatic carbocycles. The average molecular weight is 366 g/mol. The molecule has 1 fully saturated rings. The van der Waals surface area contributed by atoms with Gasteiger partial charge in [-0.05, 0) is 52.1 Å². The van der Waals surface area contributed by atoms with Gasteiger partial charge in [-0.25, -0.2) is 4.98 Å². The number of rotatable bonds is 5. The predicted molar refractivity (Wildman–Crippen MR) is 106 cm³/mol. The van der Waals surface area contributed by atoms with E-state index in [2.05, 4.69) is 44.1 Å². The zero-order chi connectivity index (χ0) is 19.0. The predicted octanol–water partition coefficient (Wildman–Crippen LogP) is 2.52. The van der Waals surface area contributed by atoms with Gasteiger partial charge in [0.1, 0.15) is 5.82 Å². The van der Waals surface area contributed by atoms with Gasteiger partial charge in [0.25, 0.3) is 5.91 Å². The highest BCUT2D eigenvalue weighted by molar-refractivity contribution is 6.05. The van der Waals surface area contributed by atoms with Gasteiger partial charge in [-0.2, -0.15) is 0 Å². The third-order valence-electron chi connectivity index (χ3n) is 5.37. The van der Waals surface area contributed by atoms with Crippen LogP contribution in [0, 0.1) is 6.92 Å². The van der Waals surface area contributed by atoms with Crippen LogP contribution in [0.1, 0.15) is 41.9 Å². The van der Waals surface area contributed by atoms with E-state index in [0.29, 0.717) is 17.3 Å². The highest BCUT2D eigenvalue weighted by Crippen LogP contribution is 2.25. The Morgan fingerprint density at radius 2 is 2.04 bits per heavy atom. The molecule has 0 aliphatic heterocycles. The first-order chi connectivity index (χ1) is 13.0. The van der Waals surface area contributed by atoms with Gasteiger partial charge in [0, 0.05) is 30.1 Å². The molecule has 2 heterocycles. The van der Waals surface area contributed by atoms with Crippen LogP contribution in [0.4, 0.5) is 0 Å². The molecule has 7 heteroatoms. The van der Waals surface area contributed by atoms with Crippen molar-refractivity contribution < 1.29 is 4.79 Å². The third-order valence-corrected chi connectivity index (χ3v) is 5.37. The van der Waals surface area contributed by atoms with Gasteiger partial charge in [0.15, 0.2) is 0 Å². The van der Waals surface area contributed by atoms with Crippen LogP contribution in [0.5, 0.6) is 0 Å². The van der Waals surface area contributed by atoms with E-state index in [4.69, 9.17) is 0 Å². The van der Waals surface area contributed by atoms with E-state index in [0.717, 1.165) is 48.2 Å². The molecule has 0 bridgehead atoms. The van der Waals surface area contributed by atoms with Crippen molar-refractivity contribution in [3.63, 3.8) is 0 Å². The number of hydrogen-bond donors (Lipinski definition) is 1. The molecule has 1 amide bonds. The van der Waals surface area contributed by atoms with Crippen LogP contribution in [0.25, 0.3) is 22.1 Å². The van der Waals surface area contributed by atoms with Crippen molar-refractivity contribution in [2.75, 3.05) is 20.6 Å². The molecule has 0 saturated heterocycles. The fourth-order valence-corrected chi connectivity index (χ4v) is 3.85. The largest absolute Gasteiger partial charge is 0.349 e. The zero-order valence-corrected chi connectivity index (χ0v) is 16.2. The molecule has 3 aromatic rings. The number of amides is 1. The Bertz CT molecular complexity index is 987. The summed E-state index contributed by atoms with van der Waals surface area (Å²) in [6.07, 6.45) is 4.55. The number of benzene rings is 1. The van der Waals surface area contributed by atoms with Crippen LogP contribution in [-0.2, 0) is 6.54 Å². The summed E-state index contributed by atoms with van der Waals surface area (Å²) in [7, 11) is 4.11. The van der Waals surface area contributed by atoms with Crippen molar-refractivity contribution in [3.05, 3.63) is 29.6 Å². The third kappa shape index (κ3) is 3.51. The number of likely N-dealkylation sites (N-methyl/N-ethyl adjacent to an activating group) is 1. The van der Waals surface area contributed by atoms with Gasteiger partial charge in [0.05, 0.1) is 11.0 Å². The Morgan fingerprint density at radius 3 is 2.78 bits per heavy atom. The maximum absolute atomic E-state index is 12.7. The van der Waals surface area contributed by atoms with Gasteiger partial charge in [-0.1, -0.05) is 12.8 Å². The normalized spacial score (nSPS) is 15.3. The minimum absolute atomic E-state index is 0.00941. The Kier molecular flexibility index (Phi) is 4.78. The lowest BCUT2D eigenvalue weighted by Crippen LogP contribution is -2.32. The van der Waals surface area contributed by atoms with E-state index in [1.165, 1.54) is 12.8 Å². The molecule has 0 radical (unpaired) electrons. The van der Waals surface area contributed by atoms with Gasteiger partial charge in [0.2, 0.25) is 5.65 Å². The smallest absolute Gasteiger partial charge is 0.251 e. The molecule has 7 nitrogen and oxygen atoms in total. The SMILES string of the molecule is Cc1nc2nnc3ccc(C(=O)NC4CCCC4)cc3c2n1CCN(C)C. The Balaban J connectivity index is 1.76. The molecule has 2 aromatic heterocycles. The first kappa shape index (κ1) is 17.9. The quantitative estimate of drug-likeness (QED) is 0.751. The van der Waals surface area contributed by atoms with Crippen molar-refractivity contribution in [2.45, 2.75) is 45.2 Å². The second kappa shape index (κ2) is 7.23. The summed E-state index contributed by atoms with van der Waals surface area (Å²) in [6.45, 7) is 3.70. The van der Waals surface area contributed by atoms with Crippen LogP contribution in [0.15, 0.2) is 18.2 Å². The van der Waals surface area contributed by atoms with Crippen LogP contribution in [0.2, 0.25) is 0 Å². The summed E-state index contributed by atoms with van der Waals surface area (Å²) in [5, 5.41) is 12.7. The van der Waals surface area contributed by atoms with E-state index in [-0.39, 0.29) is 5.91 Å². The summed E-state index contributed by atoms with van der Waals surface area (Å²) in [6, 6.07) is 5.95. The highest BCUT2D eigenvalue weighted by atomic mass is 16.1. The topological polar surface area (TPSA) is 75.9 Å². The van der Waals surface area contributed by atoms with Crippen LogP contribution < -0.4 is 5.32 Å². The molecular formula is C20H26N6O. The molecule has 1 aliphatic rings. The van der Waals surface area contributed by atoms with E-state index < -0.39 is 0 Å². The number of nitrogens with one attached hydrogen (secondary N) is 1. The number of fused-ring (bicyclic) bond motifs is 3. The molecular weight excluding hydrogens is 340 g/mol. The average Bonchev–Trinajstić information content (AvgIpc) is 3.26. The molecule has 1 N–H and O–H groups in total. The number of hydrogen-bond acceptors (Lipinski definition) is 5. The van der Waals surface area contributed by atoms with Gasteiger partial charge < -0.3 is 14.8 Å². The Morgan fingerprint density at radius 1 is 1.26 bits per heavy atom. The van der Waals surface area contributed by atoms with Crippen molar-refractivity contribution >= 4 is 28.0 Å². The number of aryl methyl sites for hydroxylation is 1. The molecule has 142 valence electrons. The maximum Gasteiger partial charge on any atom is 0.251 e. The molecule has 0 unspecified atom stereocenters. The second-order valence-corrected chi connectivity index (χ2v) is 7.67.